The minimum atomic E-state index is -3.52. The number of carboxylic acids is 1. The Morgan fingerprint density at radius 3 is 2.35 bits per heavy atom. The first-order chi connectivity index (χ1) is 7.60. The van der Waals surface area contributed by atoms with Gasteiger partial charge in [0.15, 0.2) is 9.84 Å². The van der Waals surface area contributed by atoms with E-state index in [2.05, 4.69) is 0 Å². The van der Waals surface area contributed by atoms with Gasteiger partial charge >= 0.3 is 5.97 Å². The smallest absolute Gasteiger partial charge is 0.308 e. The Morgan fingerprint density at radius 1 is 1.41 bits per heavy atom. The van der Waals surface area contributed by atoms with E-state index >= 15 is 0 Å². The van der Waals surface area contributed by atoms with Gasteiger partial charge in [-0.3, -0.25) is 4.79 Å². The molecule has 2 aliphatic rings. The molecule has 1 spiro atoms. The second kappa shape index (κ2) is 3.42. The lowest BCUT2D eigenvalue weighted by molar-refractivity contribution is -0.144. The lowest BCUT2D eigenvalue weighted by atomic mass is 9.85. The summed E-state index contributed by atoms with van der Waals surface area (Å²) in [6.45, 7) is -0.462. The van der Waals surface area contributed by atoms with E-state index in [9.17, 15) is 21.6 Å². The summed E-state index contributed by atoms with van der Waals surface area (Å²) >= 11 is 0. The summed E-state index contributed by atoms with van der Waals surface area (Å²) < 4.78 is 45.8. The van der Waals surface area contributed by atoms with E-state index in [4.69, 9.17) is 5.11 Å². The highest BCUT2D eigenvalue weighted by atomic mass is 32.2. The van der Waals surface area contributed by atoms with Gasteiger partial charge in [-0.15, -0.1) is 0 Å². The van der Waals surface area contributed by atoms with Gasteiger partial charge in [-0.25, -0.2) is 16.8 Å². The van der Waals surface area contributed by atoms with Crippen LogP contribution in [0.25, 0.3) is 0 Å². The third-order valence-electron chi connectivity index (χ3n) is 3.58. The molecule has 17 heavy (non-hydrogen) atoms. The molecule has 2 saturated heterocycles. The van der Waals surface area contributed by atoms with Gasteiger partial charge in [-0.1, -0.05) is 0 Å². The van der Waals surface area contributed by atoms with Gasteiger partial charge in [0, 0.05) is 13.1 Å². The minimum Gasteiger partial charge on any atom is -0.481 e. The molecular formula is C8H13NO6S2. The highest BCUT2D eigenvalue weighted by molar-refractivity contribution is 7.93. The Balaban J connectivity index is 2.34. The van der Waals surface area contributed by atoms with Gasteiger partial charge in [-0.2, -0.15) is 4.31 Å². The quantitative estimate of drug-likeness (QED) is 0.662. The summed E-state index contributed by atoms with van der Waals surface area (Å²) in [6, 6.07) is 0. The number of rotatable bonds is 2. The molecule has 1 unspecified atom stereocenters. The molecular weight excluding hydrogens is 270 g/mol. The molecule has 9 heteroatoms. The van der Waals surface area contributed by atoms with Crippen LogP contribution in [-0.4, -0.2) is 62.1 Å². The van der Waals surface area contributed by atoms with E-state index in [1.807, 2.05) is 0 Å². The lowest BCUT2D eigenvalue weighted by Crippen LogP contribution is -2.69. The molecule has 1 N–H and O–H groups in total. The maximum atomic E-state index is 11.9. The lowest BCUT2D eigenvalue weighted by Gasteiger charge is -2.47. The standard InChI is InChI=1S/C8H13NO6S2/c1-16(12,13)9-4-8(5-9)6(7(10)11)2-3-17(8,14)15/h6H,2-5H2,1H3,(H,10,11). The zero-order chi connectivity index (χ0) is 13.1. The SMILES string of the molecule is CS(=O)(=O)N1CC2(C1)C(C(=O)O)CCS2(=O)=O. The van der Waals surface area contributed by atoms with E-state index in [1.165, 1.54) is 0 Å². The van der Waals surface area contributed by atoms with Crippen LogP contribution in [0.5, 0.6) is 0 Å². The predicted molar refractivity (Wildman–Crippen MR) is 58.7 cm³/mol. The summed E-state index contributed by atoms with van der Waals surface area (Å²) in [5.41, 5.74) is 0. The summed E-state index contributed by atoms with van der Waals surface area (Å²) in [7, 11) is -6.98. The second-order valence-electron chi connectivity index (χ2n) is 4.59. The summed E-state index contributed by atoms with van der Waals surface area (Å²) in [6.07, 6.45) is 1.05. The van der Waals surface area contributed by atoms with E-state index in [1.54, 1.807) is 0 Å². The van der Waals surface area contributed by atoms with Gasteiger partial charge in [-0.05, 0) is 6.42 Å². The molecule has 2 fully saturated rings. The van der Waals surface area contributed by atoms with Crippen molar-refractivity contribution in [2.75, 3.05) is 25.1 Å². The molecule has 0 aliphatic carbocycles. The normalized spacial score (nSPS) is 31.2. The first-order valence-electron chi connectivity index (χ1n) is 5.00. The molecule has 2 rings (SSSR count). The van der Waals surface area contributed by atoms with Crippen molar-refractivity contribution in [1.29, 1.82) is 0 Å². The molecule has 2 aliphatic heterocycles. The van der Waals surface area contributed by atoms with Gasteiger partial charge in [0.05, 0.1) is 17.9 Å². The van der Waals surface area contributed by atoms with Crippen molar-refractivity contribution in [1.82, 2.24) is 4.31 Å². The van der Waals surface area contributed by atoms with Crippen LogP contribution in [-0.2, 0) is 24.7 Å². The van der Waals surface area contributed by atoms with E-state index in [0.29, 0.717) is 0 Å². The zero-order valence-electron chi connectivity index (χ0n) is 9.16. The molecule has 98 valence electrons. The summed E-state index contributed by atoms with van der Waals surface area (Å²) in [5, 5.41) is 9.00. The maximum Gasteiger partial charge on any atom is 0.308 e. The van der Waals surface area contributed by atoms with Crippen LogP contribution >= 0.6 is 0 Å². The van der Waals surface area contributed by atoms with Gasteiger partial charge < -0.3 is 5.11 Å². The molecule has 0 bridgehead atoms. The van der Waals surface area contributed by atoms with Gasteiger partial charge in [0.25, 0.3) is 0 Å². The van der Waals surface area contributed by atoms with Crippen molar-refractivity contribution in [3.8, 4) is 0 Å². The number of hydrogen-bond donors (Lipinski definition) is 1. The maximum absolute atomic E-state index is 11.9. The fourth-order valence-electron chi connectivity index (χ4n) is 2.51. The number of sulfone groups is 1. The van der Waals surface area contributed by atoms with Crippen LogP contribution in [0, 0.1) is 5.92 Å². The Bertz CT molecular complexity index is 557. The first kappa shape index (κ1) is 12.8. The van der Waals surface area contributed by atoms with Crippen LogP contribution in [0.3, 0.4) is 0 Å². The average molecular weight is 283 g/mol. The van der Waals surface area contributed by atoms with E-state index < -0.39 is 36.5 Å². The Kier molecular flexibility index (Phi) is 2.57. The molecule has 0 saturated carbocycles. The van der Waals surface area contributed by atoms with Gasteiger partial charge in [0.1, 0.15) is 4.75 Å². The van der Waals surface area contributed by atoms with Crippen LogP contribution in [0.1, 0.15) is 6.42 Å². The minimum absolute atomic E-state index is 0.0648. The fourth-order valence-corrected chi connectivity index (χ4v) is 5.91. The summed E-state index contributed by atoms with van der Waals surface area (Å²) in [5.74, 6) is -2.34. The highest BCUT2D eigenvalue weighted by Crippen LogP contribution is 2.45. The third-order valence-corrected chi connectivity index (χ3v) is 7.34. The molecule has 0 aromatic rings. The van der Waals surface area contributed by atoms with Crippen LogP contribution in [0.15, 0.2) is 0 Å². The van der Waals surface area contributed by atoms with E-state index in [-0.39, 0.29) is 25.3 Å². The van der Waals surface area contributed by atoms with Crippen LogP contribution in [0.4, 0.5) is 0 Å². The number of carboxylic acid groups (broad SMARTS) is 1. The molecule has 7 nitrogen and oxygen atoms in total. The molecule has 0 aromatic heterocycles. The number of hydrogen-bond acceptors (Lipinski definition) is 5. The fraction of sp³-hybridized carbons (Fsp3) is 0.875. The highest BCUT2D eigenvalue weighted by Gasteiger charge is 2.65. The Labute approximate surface area is 99.4 Å². The Hall–Kier alpha value is -0.670. The molecule has 0 amide bonds. The van der Waals surface area contributed by atoms with Crippen LogP contribution in [0.2, 0.25) is 0 Å². The third kappa shape index (κ3) is 1.67. The molecule has 2 heterocycles. The largest absolute Gasteiger partial charge is 0.481 e. The van der Waals surface area contributed by atoms with Crippen molar-refractivity contribution < 1.29 is 26.7 Å². The first-order valence-corrected chi connectivity index (χ1v) is 8.50. The van der Waals surface area contributed by atoms with E-state index in [0.717, 1.165) is 10.6 Å². The molecule has 1 atom stereocenters. The summed E-state index contributed by atoms with van der Waals surface area (Å²) in [4.78, 5) is 11.0. The molecule has 0 radical (unpaired) electrons. The second-order valence-corrected chi connectivity index (χ2v) is 9.03. The predicted octanol–water partition coefficient (Wildman–Crippen LogP) is -1.48. The van der Waals surface area contributed by atoms with Crippen molar-refractivity contribution in [3.63, 3.8) is 0 Å². The monoisotopic (exact) mass is 283 g/mol. The number of aliphatic carboxylic acids is 1. The van der Waals surface area contributed by atoms with Crippen molar-refractivity contribution in [2.24, 2.45) is 5.92 Å². The number of nitrogens with zero attached hydrogens (tertiary/aromatic N) is 1. The number of carbonyl (C=O) groups is 1. The van der Waals surface area contributed by atoms with Crippen molar-refractivity contribution in [3.05, 3.63) is 0 Å². The Morgan fingerprint density at radius 2 is 1.94 bits per heavy atom. The molecule has 0 aromatic carbocycles. The number of sulfonamides is 1. The van der Waals surface area contributed by atoms with Gasteiger partial charge in [0.2, 0.25) is 10.0 Å². The van der Waals surface area contributed by atoms with Crippen LogP contribution < -0.4 is 0 Å². The average Bonchev–Trinajstić information content (AvgIpc) is 2.31. The zero-order valence-corrected chi connectivity index (χ0v) is 10.8. The topological polar surface area (TPSA) is 109 Å². The van der Waals surface area contributed by atoms with Crippen molar-refractivity contribution in [2.45, 2.75) is 11.2 Å². The van der Waals surface area contributed by atoms with Crippen molar-refractivity contribution >= 4 is 25.8 Å².